The third-order valence-corrected chi connectivity index (χ3v) is 3.71. The van der Waals surface area contributed by atoms with E-state index in [9.17, 15) is 0 Å². The molecule has 2 N–H and O–H groups in total. The summed E-state index contributed by atoms with van der Waals surface area (Å²) in [4.78, 5) is 4.56. The Morgan fingerprint density at radius 2 is 1.95 bits per heavy atom. The predicted octanol–water partition coefficient (Wildman–Crippen LogP) is 2.99. The average molecular weight is 293 g/mol. The minimum Gasteiger partial charge on any atom is -0.326 e. The summed E-state index contributed by atoms with van der Waals surface area (Å²) in [6, 6.07) is 7.58. The van der Waals surface area contributed by atoms with Crippen LogP contribution in [0.25, 0.3) is 0 Å². The maximum atomic E-state index is 6.33. The van der Waals surface area contributed by atoms with Gasteiger partial charge in [0.15, 0.2) is 5.82 Å². The predicted molar refractivity (Wildman–Crippen MR) is 82.0 cm³/mol. The first-order chi connectivity index (χ1) is 9.58. The van der Waals surface area contributed by atoms with Gasteiger partial charge in [-0.1, -0.05) is 43.6 Å². The van der Waals surface area contributed by atoms with Crippen molar-refractivity contribution in [2.75, 3.05) is 0 Å². The number of hydrogen-bond acceptors (Lipinski definition) is 3. The number of aromatic nitrogens is 3. The van der Waals surface area contributed by atoms with Gasteiger partial charge in [0, 0.05) is 23.9 Å². The van der Waals surface area contributed by atoms with E-state index in [1.165, 1.54) is 0 Å². The Balaban J connectivity index is 2.54. The van der Waals surface area contributed by atoms with Crippen LogP contribution in [0, 0.1) is 0 Å². The molecule has 2 unspecified atom stereocenters. The molecule has 4 nitrogen and oxygen atoms in total. The van der Waals surface area contributed by atoms with Crippen LogP contribution in [-0.4, -0.2) is 20.8 Å². The fourth-order valence-electron chi connectivity index (χ4n) is 2.37. The summed E-state index contributed by atoms with van der Waals surface area (Å²) in [6.45, 7) is 6.10. The van der Waals surface area contributed by atoms with Crippen molar-refractivity contribution in [2.24, 2.45) is 5.73 Å². The maximum absolute atomic E-state index is 6.33. The molecule has 1 heterocycles. The highest BCUT2D eigenvalue weighted by molar-refractivity contribution is 6.31. The molecule has 2 aromatic rings. The molecule has 5 heteroatoms. The van der Waals surface area contributed by atoms with Crippen molar-refractivity contribution in [1.29, 1.82) is 0 Å². The van der Waals surface area contributed by atoms with E-state index in [0.29, 0.717) is 5.02 Å². The summed E-state index contributed by atoms with van der Waals surface area (Å²) < 4.78 is 1.94. The van der Waals surface area contributed by atoms with Gasteiger partial charge in [0.25, 0.3) is 0 Å². The summed E-state index contributed by atoms with van der Waals surface area (Å²) in [7, 11) is 0. The van der Waals surface area contributed by atoms with Crippen molar-refractivity contribution in [3.63, 3.8) is 0 Å². The topological polar surface area (TPSA) is 56.7 Å². The van der Waals surface area contributed by atoms with Gasteiger partial charge in [-0.15, -0.1) is 0 Å². The van der Waals surface area contributed by atoms with E-state index < -0.39 is 0 Å². The van der Waals surface area contributed by atoms with Crippen LogP contribution in [0.5, 0.6) is 0 Å². The van der Waals surface area contributed by atoms with E-state index in [4.69, 9.17) is 17.3 Å². The lowest BCUT2D eigenvalue weighted by atomic mass is 10.0. The molecular weight excluding hydrogens is 272 g/mol. The zero-order chi connectivity index (χ0) is 14.7. The molecular formula is C15H21ClN4. The van der Waals surface area contributed by atoms with Gasteiger partial charge < -0.3 is 5.73 Å². The number of hydrogen-bond donors (Lipinski definition) is 1. The molecule has 108 valence electrons. The zero-order valence-corrected chi connectivity index (χ0v) is 12.9. The third-order valence-electron chi connectivity index (χ3n) is 3.36. The molecule has 0 aliphatic carbocycles. The monoisotopic (exact) mass is 292 g/mol. The Kier molecular flexibility index (Phi) is 4.78. The van der Waals surface area contributed by atoms with Gasteiger partial charge >= 0.3 is 0 Å². The van der Waals surface area contributed by atoms with E-state index in [0.717, 1.165) is 30.1 Å². The molecule has 0 radical (unpaired) electrons. The molecule has 0 saturated carbocycles. The Labute approximate surface area is 125 Å². The Bertz CT molecular complexity index is 577. The van der Waals surface area contributed by atoms with E-state index >= 15 is 0 Å². The van der Waals surface area contributed by atoms with Crippen LogP contribution in [0.4, 0.5) is 0 Å². The van der Waals surface area contributed by atoms with Crippen molar-refractivity contribution in [3.8, 4) is 0 Å². The Hall–Kier alpha value is -1.39. The van der Waals surface area contributed by atoms with Crippen LogP contribution >= 0.6 is 11.6 Å². The summed E-state index contributed by atoms with van der Waals surface area (Å²) in [5.74, 6) is 1.80. The largest absolute Gasteiger partial charge is 0.326 e. The van der Waals surface area contributed by atoms with Crippen LogP contribution in [0.2, 0.25) is 5.02 Å². The van der Waals surface area contributed by atoms with Gasteiger partial charge in [0.1, 0.15) is 5.82 Å². The molecule has 0 saturated heterocycles. The van der Waals surface area contributed by atoms with Crippen LogP contribution in [-0.2, 0) is 12.8 Å². The van der Waals surface area contributed by atoms with Gasteiger partial charge in [-0.25, -0.2) is 9.67 Å². The number of halogens is 1. The molecule has 1 aromatic carbocycles. The lowest BCUT2D eigenvalue weighted by Gasteiger charge is -2.24. The third kappa shape index (κ3) is 2.86. The molecule has 20 heavy (non-hydrogen) atoms. The van der Waals surface area contributed by atoms with Crippen molar-refractivity contribution in [3.05, 3.63) is 46.5 Å². The molecule has 0 fully saturated rings. The van der Waals surface area contributed by atoms with Crippen LogP contribution in [0.3, 0.4) is 0 Å². The first kappa shape index (κ1) is 15.0. The van der Waals surface area contributed by atoms with Crippen LogP contribution in [0.15, 0.2) is 24.3 Å². The van der Waals surface area contributed by atoms with E-state index in [1.807, 2.05) is 35.9 Å². The summed E-state index contributed by atoms with van der Waals surface area (Å²) in [6.07, 6.45) is 1.63. The van der Waals surface area contributed by atoms with Crippen LogP contribution in [0.1, 0.15) is 44.0 Å². The fourth-order valence-corrected chi connectivity index (χ4v) is 2.62. The van der Waals surface area contributed by atoms with Gasteiger partial charge in [-0.2, -0.15) is 5.10 Å². The lowest BCUT2D eigenvalue weighted by molar-refractivity contribution is 0.436. The standard InChI is InChI=1S/C15H21ClN4/c1-4-13-18-14(5-2)20(19-13)15(10(3)17)11-8-6-7-9-12(11)16/h6-10,15H,4-5,17H2,1-3H3. The van der Waals surface area contributed by atoms with Crippen molar-refractivity contribution in [1.82, 2.24) is 14.8 Å². The molecule has 0 amide bonds. The van der Waals surface area contributed by atoms with Crippen LogP contribution < -0.4 is 5.73 Å². The van der Waals surface area contributed by atoms with Gasteiger partial charge in [-0.3, -0.25) is 0 Å². The summed E-state index contributed by atoms with van der Waals surface area (Å²) in [5.41, 5.74) is 7.19. The summed E-state index contributed by atoms with van der Waals surface area (Å²) in [5, 5.41) is 5.32. The number of nitrogens with two attached hydrogens (primary N) is 1. The second-order valence-corrected chi connectivity index (χ2v) is 5.33. The molecule has 0 spiro atoms. The lowest BCUT2D eigenvalue weighted by Crippen LogP contribution is -2.32. The number of nitrogens with zero attached hydrogens (tertiary/aromatic N) is 3. The first-order valence-corrected chi connectivity index (χ1v) is 7.40. The number of rotatable bonds is 5. The molecule has 0 aliphatic rings. The van der Waals surface area contributed by atoms with Gasteiger partial charge in [0.05, 0.1) is 6.04 Å². The van der Waals surface area contributed by atoms with Crippen molar-refractivity contribution < 1.29 is 0 Å². The minimum atomic E-state index is -0.105. The zero-order valence-electron chi connectivity index (χ0n) is 12.2. The maximum Gasteiger partial charge on any atom is 0.150 e. The second kappa shape index (κ2) is 6.37. The highest BCUT2D eigenvalue weighted by Crippen LogP contribution is 2.28. The molecule has 0 aliphatic heterocycles. The first-order valence-electron chi connectivity index (χ1n) is 7.02. The highest BCUT2D eigenvalue weighted by Gasteiger charge is 2.24. The second-order valence-electron chi connectivity index (χ2n) is 4.92. The number of aryl methyl sites for hydroxylation is 2. The van der Waals surface area contributed by atoms with Crippen molar-refractivity contribution >= 4 is 11.6 Å². The van der Waals surface area contributed by atoms with E-state index in [1.54, 1.807) is 0 Å². The Morgan fingerprint density at radius 1 is 1.25 bits per heavy atom. The normalized spacial score (nSPS) is 14.2. The summed E-state index contributed by atoms with van der Waals surface area (Å²) >= 11 is 6.33. The molecule has 2 rings (SSSR count). The van der Waals surface area contributed by atoms with Gasteiger partial charge in [0.2, 0.25) is 0 Å². The Morgan fingerprint density at radius 3 is 2.50 bits per heavy atom. The molecule has 0 bridgehead atoms. The highest BCUT2D eigenvalue weighted by atomic mass is 35.5. The average Bonchev–Trinajstić information content (AvgIpc) is 2.84. The fraction of sp³-hybridized carbons (Fsp3) is 0.467. The van der Waals surface area contributed by atoms with E-state index in [2.05, 4.69) is 23.9 Å². The number of benzene rings is 1. The van der Waals surface area contributed by atoms with Gasteiger partial charge in [-0.05, 0) is 18.6 Å². The quantitative estimate of drug-likeness (QED) is 0.921. The molecule has 1 aromatic heterocycles. The van der Waals surface area contributed by atoms with E-state index in [-0.39, 0.29) is 12.1 Å². The minimum absolute atomic E-state index is 0.0913. The molecule has 2 atom stereocenters. The smallest absolute Gasteiger partial charge is 0.150 e. The SMILES string of the molecule is CCc1nc(CC)n(C(c2ccccc2Cl)C(C)N)n1. The van der Waals surface area contributed by atoms with Crippen molar-refractivity contribution in [2.45, 2.75) is 45.7 Å².